The number of nitrogens with two attached hydrogens (primary N) is 1. The second-order valence-corrected chi connectivity index (χ2v) is 13.5. The van der Waals surface area contributed by atoms with E-state index in [0.717, 1.165) is 17.0 Å². The van der Waals surface area contributed by atoms with E-state index in [2.05, 4.69) is 5.32 Å². The van der Waals surface area contributed by atoms with Crippen LogP contribution in [0.5, 0.6) is 5.75 Å². The number of carboxylic acids is 2. The number of sulfonamides is 1. The van der Waals surface area contributed by atoms with Gasteiger partial charge in [0.2, 0.25) is 10.0 Å². The second-order valence-electron chi connectivity index (χ2n) is 10.2. The number of aliphatic carboxylic acids is 1. The van der Waals surface area contributed by atoms with E-state index in [-0.39, 0.29) is 27.4 Å². The largest absolute Gasteiger partial charge is 0.479 e. The van der Waals surface area contributed by atoms with Gasteiger partial charge in [-0.25, -0.2) is 18.0 Å². The van der Waals surface area contributed by atoms with Crippen LogP contribution in [0.1, 0.15) is 41.9 Å². The number of rotatable bonds is 10. The highest BCUT2D eigenvalue weighted by molar-refractivity contribution is 7.88. The average molecular weight is 608 g/mol. The number of hydrogen-bond donors (Lipinski definition) is 4. The Kier molecular flexibility index (Phi) is 8.64. The zero-order valence-electron chi connectivity index (χ0n) is 21.9. The number of nitrogens with one attached hydrogen (secondary N) is 1. The first-order chi connectivity index (χ1) is 18.8. The summed E-state index contributed by atoms with van der Waals surface area (Å²) in [5.74, 6) is -2.83. The second kappa shape index (κ2) is 11.7. The van der Waals surface area contributed by atoms with E-state index in [1.165, 1.54) is 0 Å². The number of nitrogen functional groups attached to an aromatic ring is 1. The number of hydrogen-bond acceptors (Lipinski definition) is 8. The number of carbonyl (C=O) groups is 2. The van der Waals surface area contributed by atoms with Gasteiger partial charge < -0.3 is 26.0 Å². The molecule has 0 spiro atoms. The highest BCUT2D eigenvalue weighted by Gasteiger charge is 2.41. The summed E-state index contributed by atoms with van der Waals surface area (Å²) in [6.07, 6.45) is 1.14. The molecule has 13 heteroatoms. The summed E-state index contributed by atoms with van der Waals surface area (Å²) in [5, 5.41) is 22.0. The van der Waals surface area contributed by atoms with Crippen LogP contribution in [-0.4, -0.2) is 59.6 Å². The number of ether oxygens (including phenoxy) is 1. The number of piperidine rings is 1. The molecule has 1 saturated heterocycles. The molecule has 0 amide bonds. The first-order valence-corrected chi connectivity index (χ1v) is 15.2. The summed E-state index contributed by atoms with van der Waals surface area (Å²) in [6, 6.07) is 14.1. The van der Waals surface area contributed by atoms with Crippen LogP contribution in [0.3, 0.4) is 0 Å². The monoisotopic (exact) mass is 607 g/mol. The molecule has 4 rings (SSSR count). The van der Waals surface area contributed by atoms with Crippen LogP contribution in [0.25, 0.3) is 10.4 Å². The van der Waals surface area contributed by atoms with Gasteiger partial charge in [0.05, 0.1) is 10.6 Å². The lowest BCUT2D eigenvalue weighted by molar-refractivity contribution is -0.139. The van der Waals surface area contributed by atoms with Crippen LogP contribution in [0.15, 0.2) is 48.5 Å². The van der Waals surface area contributed by atoms with Crippen LogP contribution >= 0.6 is 22.9 Å². The first-order valence-electron chi connectivity index (χ1n) is 12.4. The summed E-state index contributed by atoms with van der Waals surface area (Å²) < 4.78 is 33.4. The number of benzene rings is 2. The fraction of sp³-hybridized carbons (Fsp3) is 0.333. The van der Waals surface area contributed by atoms with Crippen molar-refractivity contribution in [3.8, 4) is 16.2 Å². The lowest BCUT2D eigenvalue weighted by Gasteiger charge is -2.45. The normalized spacial score (nSPS) is 17.3. The maximum absolute atomic E-state index is 13.3. The Morgan fingerprint density at radius 1 is 1.20 bits per heavy atom. The highest BCUT2D eigenvalue weighted by Crippen LogP contribution is 2.46. The van der Waals surface area contributed by atoms with Crippen LogP contribution < -0.4 is 15.8 Å². The molecule has 1 aliphatic rings. The minimum absolute atomic E-state index is 0.0214. The summed E-state index contributed by atoms with van der Waals surface area (Å²) in [4.78, 5) is 22.9. The van der Waals surface area contributed by atoms with E-state index >= 15 is 0 Å². The number of carboxylic acid groups (broad SMARTS) is 2. The number of nitrogens with zero attached hydrogens (tertiary/aromatic N) is 1. The average Bonchev–Trinajstić information content (AvgIpc) is 3.18. The van der Waals surface area contributed by atoms with Crippen LogP contribution in [0, 0.1) is 0 Å². The topological polar surface area (TPSA) is 159 Å². The maximum atomic E-state index is 13.3. The Morgan fingerprint density at radius 2 is 1.93 bits per heavy atom. The Hall–Kier alpha value is -3.32. The molecule has 214 valence electrons. The van der Waals surface area contributed by atoms with Crippen LogP contribution in [0.2, 0.25) is 5.02 Å². The molecule has 0 aliphatic carbocycles. The van der Waals surface area contributed by atoms with Crippen molar-refractivity contribution >= 4 is 56.3 Å². The SMILES string of the molecule is CC1(C)C[C@H](Nc2cccc(-c3sc(C(=O)O)c(OCC(=O)O)c3Cl)c2)CCN1S(=O)(=O)Cc1cccc(N)c1. The molecule has 1 aromatic heterocycles. The lowest BCUT2D eigenvalue weighted by Crippen LogP contribution is -2.55. The van der Waals surface area contributed by atoms with Gasteiger partial charge in [-0.05, 0) is 62.1 Å². The Bertz CT molecular complexity index is 1540. The van der Waals surface area contributed by atoms with Gasteiger partial charge in [-0.15, -0.1) is 11.3 Å². The van der Waals surface area contributed by atoms with E-state index in [4.69, 9.17) is 27.2 Å². The van der Waals surface area contributed by atoms with Gasteiger partial charge in [-0.2, -0.15) is 4.31 Å². The fourth-order valence-corrected chi connectivity index (χ4v) is 8.33. The van der Waals surface area contributed by atoms with Gasteiger partial charge in [0.1, 0.15) is 5.02 Å². The number of anilines is 2. The summed E-state index contributed by atoms with van der Waals surface area (Å²) in [6.45, 7) is 3.44. The molecule has 3 aromatic rings. The van der Waals surface area contributed by atoms with E-state index in [1.54, 1.807) is 40.7 Å². The smallest absolute Gasteiger partial charge is 0.349 e. The molecule has 10 nitrogen and oxygen atoms in total. The van der Waals surface area contributed by atoms with Crippen molar-refractivity contribution < 1.29 is 33.0 Å². The van der Waals surface area contributed by atoms with Gasteiger partial charge in [-0.3, -0.25) is 0 Å². The molecule has 2 aromatic carbocycles. The zero-order valence-corrected chi connectivity index (χ0v) is 24.3. The van der Waals surface area contributed by atoms with Crippen LogP contribution in [-0.2, 0) is 20.6 Å². The Balaban J connectivity index is 1.50. The lowest BCUT2D eigenvalue weighted by atomic mass is 9.89. The zero-order chi connectivity index (χ0) is 29.2. The molecule has 0 unspecified atom stereocenters. The predicted octanol–water partition coefficient (Wildman–Crippen LogP) is 5.00. The molecule has 40 heavy (non-hydrogen) atoms. The predicted molar refractivity (Wildman–Crippen MR) is 156 cm³/mol. The van der Waals surface area contributed by atoms with E-state index in [9.17, 15) is 23.1 Å². The van der Waals surface area contributed by atoms with E-state index in [1.807, 2.05) is 26.0 Å². The first kappa shape index (κ1) is 29.7. The van der Waals surface area contributed by atoms with Gasteiger partial charge in [0.15, 0.2) is 17.2 Å². The van der Waals surface area contributed by atoms with Crippen molar-refractivity contribution in [1.82, 2.24) is 4.31 Å². The standard InChI is InChI=1S/C27H30ClN3O7S2/c1-27(2)13-20(9-10-31(27)40(36,37)15-16-5-3-7-18(29)11-16)30-19-8-4-6-17(12-19)24-22(28)23(38-14-21(32)33)25(39-24)26(34)35/h3-8,11-12,20,30H,9-10,13-15,29H2,1-2H3,(H,32,33)(H,34,35)/t20-/m1/s1. The highest BCUT2D eigenvalue weighted by atomic mass is 35.5. The van der Waals surface area contributed by atoms with Gasteiger partial charge in [0, 0.05) is 29.5 Å². The van der Waals surface area contributed by atoms with Crippen molar-refractivity contribution in [2.45, 2.75) is 44.0 Å². The molecule has 0 radical (unpaired) electrons. The minimum Gasteiger partial charge on any atom is -0.479 e. The number of halogens is 1. The molecule has 2 heterocycles. The van der Waals surface area contributed by atoms with Gasteiger partial charge in [0.25, 0.3) is 0 Å². The van der Waals surface area contributed by atoms with E-state index < -0.39 is 34.1 Å². The molecule has 5 N–H and O–H groups in total. The molecule has 0 bridgehead atoms. The number of thiophene rings is 1. The van der Waals surface area contributed by atoms with Crippen molar-refractivity contribution in [3.63, 3.8) is 0 Å². The van der Waals surface area contributed by atoms with E-state index in [0.29, 0.717) is 41.1 Å². The molecule has 1 atom stereocenters. The van der Waals surface area contributed by atoms with Crippen molar-refractivity contribution in [2.75, 3.05) is 24.2 Å². The van der Waals surface area contributed by atoms with Crippen LogP contribution in [0.4, 0.5) is 11.4 Å². The molecule has 0 saturated carbocycles. The summed E-state index contributed by atoms with van der Waals surface area (Å²) in [7, 11) is -3.58. The third kappa shape index (κ3) is 6.69. The quantitative estimate of drug-likeness (QED) is 0.233. The number of aromatic carboxylic acids is 1. The van der Waals surface area contributed by atoms with Crippen molar-refractivity contribution in [2.24, 2.45) is 0 Å². The van der Waals surface area contributed by atoms with Gasteiger partial charge >= 0.3 is 11.9 Å². The van der Waals surface area contributed by atoms with Crippen molar-refractivity contribution in [1.29, 1.82) is 0 Å². The molecular weight excluding hydrogens is 578 g/mol. The fourth-order valence-electron chi connectivity index (χ4n) is 4.96. The maximum Gasteiger partial charge on any atom is 0.349 e. The van der Waals surface area contributed by atoms with Gasteiger partial charge in [-0.1, -0.05) is 35.9 Å². The summed E-state index contributed by atoms with van der Waals surface area (Å²) >= 11 is 7.34. The summed E-state index contributed by atoms with van der Waals surface area (Å²) in [5.41, 5.74) is 7.73. The Labute approximate surface area is 241 Å². The third-order valence-electron chi connectivity index (χ3n) is 6.58. The third-order valence-corrected chi connectivity index (χ3v) is 10.3. The van der Waals surface area contributed by atoms with Crippen molar-refractivity contribution in [3.05, 3.63) is 64.0 Å². The molecular formula is C27H30ClN3O7S2. The molecule has 1 fully saturated rings. The Morgan fingerprint density at radius 3 is 2.58 bits per heavy atom. The minimum atomic E-state index is -3.58. The molecule has 1 aliphatic heterocycles.